The van der Waals surface area contributed by atoms with Gasteiger partial charge in [0.25, 0.3) is 0 Å². The third-order valence-corrected chi connectivity index (χ3v) is 5.44. The molecular formula is C12H12BrFN2O3S2. The fourth-order valence-corrected chi connectivity index (χ4v) is 4.24. The van der Waals surface area contributed by atoms with Gasteiger partial charge >= 0.3 is 0 Å². The molecule has 2 aromatic rings. The summed E-state index contributed by atoms with van der Waals surface area (Å²) in [5, 5.41) is 11.4. The van der Waals surface area contributed by atoms with Crippen molar-refractivity contribution < 1.29 is 17.9 Å². The molecule has 114 valence electrons. The second-order valence-corrected chi connectivity index (χ2v) is 7.84. The van der Waals surface area contributed by atoms with Crippen molar-refractivity contribution in [2.75, 3.05) is 0 Å². The number of aromatic nitrogens is 1. The smallest absolute Gasteiger partial charge is 0.243 e. The van der Waals surface area contributed by atoms with Crippen LogP contribution >= 0.6 is 27.3 Å². The van der Waals surface area contributed by atoms with Crippen LogP contribution in [0, 0.1) is 12.7 Å². The second kappa shape index (κ2) is 6.49. The fraction of sp³-hybridized carbons (Fsp3) is 0.250. The Morgan fingerprint density at radius 1 is 1.48 bits per heavy atom. The molecule has 0 atom stereocenters. The van der Waals surface area contributed by atoms with Crippen LogP contribution in [0.2, 0.25) is 0 Å². The van der Waals surface area contributed by atoms with Crippen molar-refractivity contribution >= 4 is 37.3 Å². The molecule has 0 fully saturated rings. The lowest BCUT2D eigenvalue weighted by molar-refractivity contribution is 0.274. The van der Waals surface area contributed by atoms with Crippen molar-refractivity contribution in [2.24, 2.45) is 0 Å². The molecule has 0 bridgehead atoms. The van der Waals surface area contributed by atoms with Crippen LogP contribution in [-0.2, 0) is 23.2 Å². The van der Waals surface area contributed by atoms with Gasteiger partial charge in [-0.05, 0) is 19.1 Å². The van der Waals surface area contributed by atoms with Gasteiger partial charge in [0.15, 0.2) is 0 Å². The van der Waals surface area contributed by atoms with Gasteiger partial charge in [0.1, 0.15) is 15.7 Å². The summed E-state index contributed by atoms with van der Waals surface area (Å²) in [5.41, 5.74) is 0.709. The molecule has 2 rings (SSSR count). The number of aliphatic hydroxyl groups is 1. The summed E-state index contributed by atoms with van der Waals surface area (Å²) in [6.45, 7) is 1.21. The molecule has 0 spiro atoms. The van der Waals surface area contributed by atoms with Gasteiger partial charge in [0, 0.05) is 21.1 Å². The highest BCUT2D eigenvalue weighted by Gasteiger charge is 2.22. The topological polar surface area (TPSA) is 79.3 Å². The maximum atomic E-state index is 14.1. The molecular weight excluding hydrogens is 383 g/mol. The van der Waals surface area contributed by atoms with Crippen molar-refractivity contribution in [1.82, 2.24) is 9.71 Å². The third-order valence-electron chi connectivity index (χ3n) is 2.62. The Bertz CT molecular complexity index is 762. The van der Waals surface area contributed by atoms with Crippen molar-refractivity contribution in [3.8, 4) is 0 Å². The molecule has 2 N–H and O–H groups in total. The van der Waals surface area contributed by atoms with Crippen LogP contribution in [0.15, 0.2) is 26.9 Å². The summed E-state index contributed by atoms with van der Waals surface area (Å²) in [7, 11) is -4.03. The first-order valence-corrected chi connectivity index (χ1v) is 8.98. The number of hydrogen-bond donors (Lipinski definition) is 2. The van der Waals surface area contributed by atoms with Gasteiger partial charge in [0.05, 0.1) is 13.2 Å². The number of sulfonamides is 1. The predicted octanol–water partition coefficient (Wildman–Crippen LogP) is 2.32. The third kappa shape index (κ3) is 3.86. The van der Waals surface area contributed by atoms with Crippen molar-refractivity contribution in [3.63, 3.8) is 0 Å². The van der Waals surface area contributed by atoms with Crippen molar-refractivity contribution in [1.29, 1.82) is 0 Å². The van der Waals surface area contributed by atoms with Crippen molar-refractivity contribution in [3.05, 3.63) is 44.1 Å². The molecule has 0 amide bonds. The molecule has 9 heteroatoms. The molecule has 5 nitrogen and oxygen atoms in total. The van der Waals surface area contributed by atoms with Crippen molar-refractivity contribution in [2.45, 2.75) is 25.0 Å². The van der Waals surface area contributed by atoms with E-state index in [-0.39, 0.29) is 12.1 Å². The Kier molecular flexibility index (Phi) is 5.10. The summed E-state index contributed by atoms with van der Waals surface area (Å²) in [6.07, 6.45) is 0. The number of hydrogen-bond acceptors (Lipinski definition) is 5. The average molecular weight is 395 g/mol. The summed E-state index contributed by atoms with van der Waals surface area (Å²) in [5.74, 6) is -0.955. The minimum Gasteiger partial charge on any atom is -0.392 e. The first-order chi connectivity index (χ1) is 9.83. The van der Waals surface area contributed by atoms with E-state index in [9.17, 15) is 12.8 Å². The maximum absolute atomic E-state index is 14.1. The van der Waals surface area contributed by atoms with E-state index >= 15 is 0 Å². The van der Waals surface area contributed by atoms with Gasteiger partial charge in [-0.1, -0.05) is 15.9 Å². The lowest BCUT2D eigenvalue weighted by Gasteiger charge is -2.09. The Labute approximate surface area is 134 Å². The first-order valence-electron chi connectivity index (χ1n) is 5.83. The summed E-state index contributed by atoms with van der Waals surface area (Å²) in [6, 6.07) is 2.49. The van der Waals surface area contributed by atoms with Crippen LogP contribution in [0.25, 0.3) is 0 Å². The van der Waals surface area contributed by atoms with E-state index in [0.717, 1.165) is 11.8 Å². The number of benzene rings is 1. The van der Waals surface area contributed by atoms with Gasteiger partial charge in [-0.3, -0.25) is 0 Å². The second-order valence-electron chi connectivity index (χ2n) is 4.24. The van der Waals surface area contributed by atoms with E-state index in [1.54, 1.807) is 12.3 Å². The van der Waals surface area contributed by atoms with Crippen LogP contribution < -0.4 is 4.72 Å². The minimum atomic E-state index is -4.03. The average Bonchev–Trinajstić information content (AvgIpc) is 2.84. The summed E-state index contributed by atoms with van der Waals surface area (Å²) < 4.78 is 41.1. The molecule has 0 saturated heterocycles. The first kappa shape index (κ1) is 16.5. The minimum absolute atomic E-state index is 0.0126. The molecule has 0 aliphatic heterocycles. The van der Waals surface area contributed by atoms with Crippen LogP contribution in [0.4, 0.5) is 4.39 Å². The van der Waals surface area contributed by atoms with Gasteiger partial charge in [-0.25, -0.2) is 22.5 Å². The highest BCUT2D eigenvalue weighted by atomic mass is 79.9. The van der Waals surface area contributed by atoms with Gasteiger partial charge < -0.3 is 5.11 Å². The van der Waals surface area contributed by atoms with Crippen LogP contribution in [-0.4, -0.2) is 18.5 Å². The lowest BCUT2D eigenvalue weighted by Crippen LogP contribution is -2.24. The number of thiazole rings is 1. The van der Waals surface area contributed by atoms with E-state index in [0.29, 0.717) is 9.48 Å². The van der Waals surface area contributed by atoms with E-state index in [1.165, 1.54) is 17.4 Å². The van der Waals surface area contributed by atoms with Crippen LogP contribution in [0.1, 0.15) is 16.3 Å². The zero-order chi connectivity index (χ0) is 15.6. The predicted molar refractivity (Wildman–Crippen MR) is 80.9 cm³/mol. The van der Waals surface area contributed by atoms with Crippen LogP contribution in [0.3, 0.4) is 0 Å². The lowest BCUT2D eigenvalue weighted by atomic mass is 10.2. The molecule has 0 aliphatic carbocycles. The number of rotatable bonds is 5. The Morgan fingerprint density at radius 3 is 2.76 bits per heavy atom. The van der Waals surface area contributed by atoms with Crippen LogP contribution in [0.5, 0.6) is 0 Å². The maximum Gasteiger partial charge on any atom is 0.243 e. The van der Waals surface area contributed by atoms with Gasteiger partial charge in [-0.15, -0.1) is 11.3 Å². The SMILES string of the molecule is Cc1csc(CNS(=O)(=O)c2cc(Br)cc(CO)c2F)n1. The highest BCUT2D eigenvalue weighted by molar-refractivity contribution is 9.10. The molecule has 1 aromatic carbocycles. The summed E-state index contributed by atoms with van der Waals surface area (Å²) >= 11 is 4.42. The quantitative estimate of drug-likeness (QED) is 0.815. The van der Waals surface area contributed by atoms with Gasteiger partial charge in [-0.2, -0.15) is 0 Å². The van der Waals surface area contributed by atoms with E-state index in [2.05, 4.69) is 25.6 Å². The Morgan fingerprint density at radius 2 is 2.19 bits per heavy atom. The number of nitrogens with zero attached hydrogens (tertiary/aromatic N) is 1. The van der Waals surface area contributed by atoms with Gasteiger partial charge in [0.2, 0.25) is 10.0 Å². The largest absolute Gasteiger partial charge is 0.392 e. The monoisotopic (exact) mass is 394 g/mol. The number of nitrogens with one attached hydrogen (secondary N) is 1. The molecule has 1 aromatic heterocycles. The number of aliphatic hydroxyl groups excluding tert-OH is 1. The standard InChI is InChI=1S/C12H12BrFN2O3S2/c1-7-6-20-11(16-7)4-15-21(18,19)10-3-9(13)2-8(5-17)12(10)14/h2-3,6,15,17H,4-5H2,1H3. The molecule has 0 radical (unpaired) electrons. The van der Waals surface area contributed by atoms with E-state index in [1.807, 2.05) is 0 Å². The Hall–Kier alpha value is -0.870. The van der Waals surface area contributed by atoms with E-state index in [4.69, 9.17) is 5.11 Å². The molecule has 21 heavy (non-hydrogen) atoms. The summed E-state index contributed by atoms with van der Waals surface area (Å²) in [4.78, 5) is 3.62. The molecule has 0 aliphatic rings. The normalized spacial score (nSPS) is 11.8. The number of halogens is 2. The number of aryl methyl sites for hydroxylation is 1. The van der Waals surface area contributed by atoms with E-state index < -0.39 is 27.3 Å². The molecule has 0 saturated carbocycles. The zero-order valence-corrected chi connectivity index (χ0v) is 14.1. The highest BCUT2D eigenvalue weighted by Crippen LogP contribution is 2.24. The molecule has 1 heterocycles. The fourth-order valence-electron chi connectivity index (χ4n) is 1.65. The zero-order valence-electron chi connectivity index (χ0n) is 10.9. The molecule has 0 unspecified atom stereocenters. The Balaban J connectivity index is 2.29.